The topological polar surface area (TPSA) is 118 Å². The van der Waals surface area contributed by atoms with Crippen LogP contribution in [0.5, 0.6) is 0 Å². The minimum Gasteiger partial charge on any atom is -0.369 e. The molecule has 7 rings (SSSR count). The Labute approximate surface area is 555 Å². The van der Waals surface area contributed by atoms with Crippen molar-refractivity contribution in [3.05, 3.63) is 82.3 Å². The van der Waals surface area contributed by atoms with Crippen LogP contribution in [0, 0.1) is 23.7 Å². The van der Waals surface area contributed by atoms with Crippen molar-refractivity contribution in [2.75, 3.05) is 66.5 Å². The maximum Gasteiger partial charge on any atom is 0.417 e. The molecule has 0 bridgehead atoms. The van der Waals surface area contributed by atoms with Crippen LogP contribution < -0.4 is 31.9 Å². The molecule has 5 fully saturated rings. The van der Waals surface area contributed by atoms with Crippen molar-refractivity contribution in [2.45, 2.75) is 283 Å². The minimum atomic E-state index is -4.51. The summed E-state index contributed by atoms with van der Waals surface area (Å²) in [5.74, 6) is 1.96. The third-order valence-corrected chi connectivity index (χ3v) is 22.2. The molecule has 3 saturated heterocycles. The quantitative estimate of drug-likeness (QED) is 0.100. The van der Waals surface area contributed by atoms with Crippen LogP contribution in [0.25, 0.3) is 0 Å². The van der Waals surface area contributed by atoms with Gasteiger partial charge < -0.3 is 51.5 Å². The molecular weight excluding hydrogens is 1170 g/mol. The number of likely N-dealkylation sites (tertiary alicyclic amines) is 1. The summed E-state index contributed by atoms with van der Waals surface area (Å²) in [4.78, 5) is 32.0. The van der Waals surface area contributed by atoms with E-state index in [9.17, 15) is 18.0 Å². The monoisotopic (exact) mass is 1290 g/mol. The summed E-state index contributed by atoms with van der Waals surface area (Å²) >= 11 is 6.22. The summed E-state index contributed by atoms with van der Waals surface area (Å²) in [6.07, 6.45) is 33.5. The van der Waals surface area contributed by atoms with Crippen molar-refractivity contribution in [1.29, 1.82) is 0 Å². The predicted molar refractivity (Wildman–Crippen MR) is 375 cm³/mol. The molecule has 13 nitrogen and oxygen atoms in total. The van der Waals surface area contributed by atoms with Crippen LogP contribution in [0.3, 0.4) is 0 Å². The lowest BCUT2D eigenvalue weighted by Crippen LogP contribution is -2.75. The zero-order valence-electron chi connectivity index (χ0n) is 58.7. The number of amides is 1. The van der Waals surface area contributed by atoms with E-state index in [0.717, 1.165) is 134 Å². The summed E-state index contributed by atoms with van der Waals surface area (Å²) in [7, 11) is 4.33. The number of aryl methyl sites for hydroxylation is 1. The summed E-state index contributed by atoms with van der Waals surface area (Å²) in [6, 6.07) is 6.10. The highest BCUT2D eigenvalue weighted by atomic mass is 35.5. The highest BCUT2D eigenvalue weighted by Crippen LogP contribution is 2.41. The van der Waals surface area contributed by atoms with E-state index >= 15 is 0 Å². The number of fused-ring (bicyclic) bond motifs is 2. The molecule has 5 unspecified atom stereocenters. The Morgan fingerprint density at radius 1 is 0.835 bits per heavy atom. The summed E-state index contributed by atoms with van der Waals surface area (Å²) in [6.45, 7) is 30.4. The van der Waals surface area contributed by atoms with E-state index in [1.165, 1.54) is 87.7 Å². The number of benzene rings is 1. The second-order valence-corrected chi connectivity index (χ2v) is 29.8. The van der Waals surface area contributed by atoms with Crippen molar-refractivity contribution in [1.82, 2.24) is 56.4 Å². The fourth-order valence-corrected chi connectivity index (χ4v) is 16.4. The second-order valence-electron chi connectivity index (χ2n) is 29.4. The smallest absolute Gasteiger partial charge is 0.369 e. The normalized spacial score (nSPS) is 29.6. The number of unbranched alkanes of at least 4 members (excludes halogenated alkanes) is 2. The molecule has 0 aromatic heterocycles. The first-order valence-corrected chi connectivity index (χ1v) is 36.9. The first-order chi connectivity index (χ1) is 43.6. The largest absolute Gasteiger partial charge is 0.417 e. The number of carbonyl (C=O) groups excluding carboxylic acids is 1. The predicted octanol–water partition coefficient (Wildman–Crippen LogP) is 14.2. The molecule has 516 valence electrons. The molecule has 6 aliphatic rings. The highest BCUT2D eigenvalue weighted by Gasteiger charge is 2.54. The third-order valence-electron chi connectivity index (χ3n) is 21.9. The highest BCUT2D eigenvalue weighted by molar-refractivity contribution is 6.31. The van der Waals surface area contributed by atoms with Crippen molar-refractivity contribution in [3.8, 4) is 0 Å². The van der Waals surface area contributed by atoms with E-state index in [-0.39, 0.29) is 70.9 Å². The van der Waals surface area contributed by atoms with E-state index in [4.69, 9.17) is 16.6 Å². The molecule has 4 aliphatic heterocycles. The van der Waals surface area contributed by atoms with Crippen LogP contribution >= 0.6 is 11.6 Å². The molecule has 4 heterocycles. The number of hydrogen-bond acceptors (Lipinski definition) is 12. The first kappa shape index (κ1) is 74.8. The number of hydrogen-bond donors (Lipinski definition) is 6. The number of aliphatic imine (C=N–C) groups is 1. The van der Waals surface area contributed by atoms with Gasteiger partial charge in [0.2, 0.25) is 5.91 Å². The van der Waals surface area contributed by atoms with E-state index in [0.29, 0.717) is 43.0 Å². The Morgan fingerprint density at radius 3 is 2.26 bits per heavy atom. The number of nitrogens with zero attached hydrogens (tertiary/aromatic N) is 6. The van der Waals surface area contributed by atoms with Crippen molar-refractivity contribution < 1.29 is 18.0 Å². The Hall–Kier alpha value is -3.64. The molecule has 17 heteroatoms. The molecule has 1 spiro atoms. The third kappa shape index (κ3) is 22.2. The minimum absolute atomic E-state index is 0.0389. The molecule has 1 aromatic carbocycles. The van der Waals surface area contributed by atoms with E-state index in [2.05, 4.69) is 158 Å². The van der Waals surface area contributed by atoms with Gasteiger partial charge in [-0.1, -0.05) is 123 Å². The van der Waals surface area contributed by atoms with Gasteiger partial charge in [-0.2, -0.15) is 13.2 Å². The molecule has 2 saturated carbocycles. The van der Waals surface area contributed by atoms with Crippen LogP contribution in [-0.4, -0.2) is 163 Å². The lowest BCUT2D eigenvalue weighted by Gasteiger charge is -2.59. The van der Waals surface area contributed by atoms with E-state index in [1.54, 1.807) is 0 Å². The van der Waals surface area contributed by atoms with Gasteiger partial charge in [-0.25, -0.2) is 0 Å². The van der Waals surface area contributed by atoms with Gasteiger partial charge in [0.25, 0.3) is 0 Å². The number of nitrogens with one attached hydrogen (secondary N) is 6. The number of halogens is 4. The number of rotatable bonds is 14. The maximum atomic E-state index is 14.9. The summed E-state index contributed by atoms with van der Waals surface area (Å²) in [5.41, 5.74) is 3.45. The number of allylic oxidation sites excluding steroid dienone is 4. The summed E-state index contributed by atoms with van der Waals surface area (Å²) in [5, 5.41) is 24.1. The Bertz CT molecular complexity index is 2480. The van der Waals surface area contributed by atoms with Gasteiger partial charge in [0.15, 0.2) is 0 Å². The lowest BCUT2D eigenvalue weighted by molar-refractivity contribution is -0.160. The van der Waals surface area contributed by atoms with Crippen LogP contribution in [-0.2, 0) is 17.4 Å². The van der Waals surface area contributed by atoms with Crippen LogP contribution in [0.15, 0.2) is 71.2 Å². The SMILES string of the molecule is CCCCC[C@H]1C(C)NC2(CCCC2)CNCCN=CC=C(CCc2ccc(C(F)(F)F)c(Cl)c2)NC=CN(C)C=C(CC2CCCCC2)N(C)C=C2CCCN2[C@@H](C)C(C)N[C@@H]([C@@H](C)CC)CN[C@@H](CC(C)C)C(C)NCC2[C@@H](C(=O)N3CCCCC3)C(C)N21. The first-order valence-electron chi connectivity index (χ1n) is 36.5. The standard InChI is InChI=1S/C74H126ClF3N12O/c1-13-15-18-29-69-57(8)85-73(35-21-22-36-73)52-80-39-38-79-37-34-62(32-30-61-31-33-65(66(75)47-61)74(76,77)78)81-40-44-86(11)50-64(46-60-26-19-16-20-27-60)87(12)51-63-28-25-43-89(63)58(9)55(6)84-68(54(5)14-2)48-83-67(45-53(3)4)56(7)82-49-70-71(59(10)90(69)70)72(91)88-41-23-17-24-42-88/h31,33-34,37,40,44,47,50-51,53-60,67-71,80-85H,13-30,32,35-36,38-39,41-43,45-46,48-49,52H2,1-12H3/t54-,55?,56?,57?,58-,59?,67-,68+,69-,70?,71-/m0/s1. The van der Waals surface area contributed by atoms with Crippen LogP contribution in [0.1, 0.15) is 222 Å². The molecule has 11 atom stereocenters. The Balaban J connectivity index is 1.20. The zero-order valence-corrected chi connectivity index (χ0v) is 59.5. The number of piperidine rings is 1. The average Bonchev–Trinajstić information content (AvgIpc) is 1.07. The van der Waals surface area contributed by atoms with Crippen LogP contribution in [0.4, 0.5) is 13.2 Å². The fourth-order valence-electron chi connectivity index (χ4n) is 16.0. The average molecular weight is 1290 g/mol. The van der Waals surface area contributed by atoms with Gasteiger partial charge in [0, 0.05) is 168 Å². The number of alkyl halides is 3. The molecule has 1 aromatic rings. The lowest BCUT2D eigenvalue weighted by atomic mass is 9.75. The van der Waals surface area contributed by atoms with Crippen LogP contribution in [0.2, 0.25) is 5.02 Å². The van der Waals surface area contributed by atoms with E-state index in [1.807, 2.05) is 18.5 Å². The van der Waals surface area contributed by atoms with Gasteiger partial charge in [-0.3, -0.25) is 14.7 Å². The number of carbonyl (C=O) groups is 1. The van der Waals surface area contributed by atoms with Gasteiger partial charge in [0.1, 0.15) is 0 Å². The summed E-state index contributed by atoms with van der Waals surface area (Å²) < 4.78 is 41.1. The van der Waals surface area contributed by atoms with Crippen molar-refractivity contribution in [2.24, 2.45) is 28.7 Å². The van der Waals surface area contributed by atoms with Gasteiger partial charge >= 0.3 is 6.18 Å². The van der Waals surface area contributed by atoms with Crippen molar-refractivity contribution >= 4 is 23.7 Å². The van der Waals surface area contributed by atoms with Gasteiger partial charge in [-0.05, 0) is 153 Å². The Kier molecular flexibility index (Phi) is 30.4. The maximum absolute atomic E-state index is 14.9. The molecular formula is C74H126ClF3N12O. The molecule has 0 radical (unpaired) electrons. The molecule has 91 heavy (non-hydrogen) atoms. The molecule has 2 aliphatic carbocycles. The second kappa shape index (κ2) is 37.0. The zero-order chi connectivity index (χ0) is 65.7. The van der Waals surface area contributed by atoms with Gasteiger partial charge in [0.05, 0.1) is 23.0 Å². The molecule has 1 amide bonds. The van der Waals surface area contributed by atoms with Crippen molar-refractivity contribution in [3.63, 3.8) is 0 Å². The Morgan fingerprint density at radius 2 is 1.57 bits per heavy atom. The van der Waals surface area contributed by atoms with E-state index < -0.39 is 11.7 Å². The molecule has 6 N–H and O–H groups in total. The van der Waals surface area contributed by atoms with Gasteiger partial charge in [-0.15, -0.1) is 0 Å². The fraction of sp³-hybridized carbons (Fsp3) is 0.784.